The lowest BCUT2D eigenvalue weighted by Gasteiger charge is -2.35. The number of nitrogen functional groups attached to an aromatic ring is 1. The SMILES string of the molecule is Cc1cnc(N)c(C(NN)C2CCC(C(C)C)CC2)c1. The fraction of sp³-hybridized carbons (Fsp3) is 0.688. The molecule has 1 aliphatic rings. The van der Waals surface area contributed by atoms with Crippen LogP contribution in [0.5, 0.6) is 0 Å². The number of nitrogens with zero attached hydrogens (tertiary/aromatic N) is 1. The Hall–Kier alpha value is -1.13. The number of aryl methyl sites for hydroxylation is 1. The standard InChI is InChI=1S/C16H28N4/c1-10(2)12-4-6-13(7-5-12)15(20-18)14-8-11(3)9-19-16(14)17/h8-10,12-13,15,20H,4-7,18H2,1-3H3,(H2,17,19). The predicted octanol–water partition coefficient (Wildman–Crippen LogP) is 2.94. The summed E-state index contributed by atoms with van der Waals surface area (Å²) in [5, 5.41) is 0. The van der Waals surface area contributed by atoms with Crippen molar-refractivity contribution in [1.82, 2.24) is 10.4 Å². The molecule has 4 heteroatoms. The zero-order valence-electron chi connectivity index (χ0n) is 12.9. The minimum atomic E-state index is 0.121. The lowest BCUT2D eigenvalue weighted by Crippen LogP contribution is -2.36. The van der Waals surface area contributed by atoms with Crippen LogP contribution < -0.4 is 17.0 Å². The van der Waals surface area contributed by atoms with Crippen LogP contribution in [-0.2, 0) is 0 Å². The largest absolute Gasteiger partial charge is 0.383 e. The molecule has 1 heterocycles. The van der Waals surface area contributed by atoms with Crippen LogP contribution in [-0.4, -0.2) is 4.98 Å². The molecule has 0 saturated heterocycles. The first kappa shape index (κ1) is 15.3. The van der Waals surface area contributed by atoms with E-state index in [0.717, 1.165) is 23.0 Å². The second kappa shape index (κ2) is 6.55. The van der Waals surface area contributed by atoms with Gasteiger partial charge in [0.2, 0.25) is 0 Å². The smallest absolute Gasteiger partial charge is 0.128 e. The summed E-state index contributed by atoms with van der Waals surface area (Å²) in [6.07, 6.45) is 6.82. The van der Waals surface area contributed by atoms with E-state index in [2.05, 4.69) is 30.3 Å². The minimum Gasteiger partial charge on any atom is -0.383 e. The zero-order chi connectivity index (χ0) is 14.7. The molecular weight excluding hydrogens is 248 g/mol. The molecule has 0 amide bonds. The average Bonchev–Trinajstić information content (AvgIpc) is 2.44. The van der Waals surface area contributed by atoms with Crippen LogP contribution in [0, 0.1) is 24.7 Å². The number of hydrogen-bond donors (Lipinski definition) is 3. The average molecular weight is 276 g/mol. The molecule has 0 aliphatic heterocycles. The molecule has 2 rings (SSSR count). The maximum atomic E-state index is 6.04. The Bertz CT molecular complexity index is 436. The van der Waals surface area contributed by atoms with Gasteiger partial charge < -0.3 is 5.73 Å². The Morgan fingerprint density at radius 2 is 1.80 bits per heavy atom. The third kappa shape index (κ3) is 3.30. The molecule has 20 heavy (non-hydrogen) atoms. The van der Waals surface area contributed by atoms with E-state index in [9.17, 15) is 0 Å². The Kier molecular flexibility index (Phi) is 5.00. The number of nitrogens with two attached hydrogens (primary N) is 2. The molecule has 0 spiro atoms. The lowest BCUT2D eigenvalue weighted by molar-refractivity contribution is 0.189. The molecule has 1 unspecified atom stereocenters. The number of nitrogens with one attached hydrogen (secondary N) is 1. The highest BCUT2D eigenvalue weighted by Gasteiger charge is 2.30. The maximum absolute atomic E-state index is 6.04. The van der Waals surface area contributed by atoms with Gasteiger partial charge >= 0.3 is 0 Å². The van der Waals surface area contributed by atoms with Crippen LogP contribution in [0.15, 0.2) is 12.3 Å². The van der Waals surface area contributed by atoms with Crippen molar-refractivity contribution in [3.63, 3.8) is 0 Å². The molecule has 4 nitrogen and oxygen atoms in total. The van der Waals surface area contributed by atoms with E-state index in [4.69, 9.17) is 11.6 Å². The van der Waals surface area contributed by atoms with Gasteiger partial charge in [0.25, 0.3) is 0 Å². The number of hydrogen-bond acceptors (Lipinski definition) is 4. The molecule has 1 aromatic rings. The third-order valence-electron chi connectivity index (χ3n) is 4.83. The predicted molar refractivity (Wildman–Crippen MR) is 83.7 cm³/mol. The Morgan fingerprint density at radius 3 is 2.35 bits per heavy atom. The Balaban J connectivity index is 2.11. The topological polar surface area (TPSA) is 77.0 Å². The summed E-state index contributed by atoms with van der Waals surface area (Å²) >= 11 is 0. The molecule has 0 aromatic carbocycles. The highest BCUT2D eigenvalue weighted by Crippen LogP contribution is 2.40. The van der Waals surface area contributed by atoms with Crippen molar-refractivity contribution >= 4 is 5.82 Å². The fourth-order valence-electron chi connectivity index (χ4n) is 3.48. The van der Waals surface area contributed by atoms with Crippen LogP contribution in [0.4, 0.5) is 5.82 Å². The first-order valence-corrected chi connectivity index (χ1v) is 7.71. The highest BCUT2D eigenvalue weighted by molar-refractivity contribution is 5.43. The summed E-state index contributed by atoms with van der Waals surface area (Å²) in [5.74, 6) is 8.62. The van der Waals surface area contributed by atoms with Crippen LogP contribution in [0.2, 0.25) is 0 Å². The van der Waals surface area contributed by atoms with Gasteiger partial charge in [0, 0.05) is 11.8 Å². The third-order valence-corrected chi connectivity index (χ3v) is 4.83. The van der Waals surface area contributed by atoms with Gasteiger partial charge in [-0.2, -0.15) is 0 Å². The zero-order valence-corrected chi connectivity index (χ0v) is 12.9. The first-order valence-electron chi connectivity index (χ1n) is 7.71. The molecule has 5 N–H and O–H groups in total. The summed E-state index contributed by atoms with van der Waals surface area (Å²) < 4.78 is 0. The maximum Gasteiger partial charge on any atom is 0.128 e. The number of aromatic nitrogens is 1. The second-order valence-corrected chi connectivity index (χ2v) is 6.55. The molecule has 1 saturated carbocycles. The molecular formula is C16H28N4. The molecule has 112 valence electrons. The van der Waals surface area contributed by atoms with Crippen molar-refractivity contribution in [2.45, 2.75) is 52.5 Å². The molecule has 1 aliphatic carbocycles. The molecule has 0 radical (unpaired) electrons. The molecule has 0 bridgehead atoms. The quantitative estimate of drug-likeness (QED) is 0.583. The highest BCUT2D eigenvalue weighted by atomic mass is 15.2. The van der Waals surface area contributed by atoms with Crippen molar-refractivity contribution in [3.05, 3.63) is 23.4 Å². The number of hydrazine groups is 1. The minimum absolute atomic E-state index is 0.121. The van der Waals surface area contributed by atoms with Crippen LogP contribution in [0.1, 0.15) is 56.7 Å². The van der Waals surface area contributed by atoms with Gasteiger partial charge in [0.15, 0.2) is 0 Å². The normalized spacial score (nSPS) is 24.9. The van der Waals surface area contributed by atoms with Crippen molar-refractivity contribution in [2.75, 3.05) is 5.73 Å². The summed E-state index contributed by atoms with van der Waals surface area (Å²) in [5.41, 5.74) is 11.2. The van der Waals surface area contributed by atoms with E-state index in [1.165, 1.54) is 25.7 Å². The summed E-state index contributed by atoms with van der Waals surface area (Å²) in [4.78, 5) is 4.27. The van der Waals surface area contributed by atoms with Crippen molar-refractivity contribution in [3.8, 4) is 0 Å². The van der Waals surface area contributed by atoms with E-state index in [1.807, 2.05) is 13.1 Å². The number of pyridine rings is 1. The lowest BCUT2D eigenvalue weighted by atomic mass is 9.73. The van der Waals surface area contributed by atoms with Crippen LogP contribution >= 0.6 is 0 Å². The Morgan fingerprint density at radius 1 is 1.20 bits per heavy atom. The fourth-order valence-corrected chi connectivity index (χ4v) is 3.48. The summed E-state index contributed by atoms with van der Waals surface area (Å²) in [7, 11) is 0. The van der Waals surface area contributed by atoms with Gasteiger partial charge in [-0.25, -0.2) is 4.98 Å². The van der Waals surface area contributed by atoms with Crippen LogP contribution in [0.3, 0.4) is 0 Å². The van der Waals surface area contributed by atoms with Gasteiger partial charge in [-0.1, -0.05) is 13.8 Å². The van der Waals surface area contributed by atoms with Crippen molar-refractivity contribution in [2.24, 2.45) is 23.6 Å². The number of anilines is 1. The monoisotopic (exact) mass is 276 g/mol. The van der Waals surface area contributed by atoms with E-state index >= 15 is 0 Å². The van der Waals surface area contributed by atoms with Crippen molar-refractivity contribution < 1.29 is 0 Å². The van der Waals surface area contributed by atoms with Crippen molar-refractivity contribution in [1.29, 1.82) is 0 Å². The van der Waals surface area contributed by atoms with Gasteiger partial charge in [0.05, 0.1) is 6.04 Å². The van der Waals surface area contributed by atoms with Gasteiger partial charge in [-0.15, -0.1) is 0 Å². The number of rotatable bonds is 4. The second-order valence-electron chi connectivity index (χ2n) is 6.55. The van der Waals surface area contributed by atoms with Gasteiger partial charge in [-0.05, 0) is 62.0 Å². The van der Waals surface area contributed by atoms with Gasteiger partial charge in [-0.3, -0.25) is 11.3 Å². The van der Waals surface area contributed by atoms with Gasteiger partial charge in [0.1, 0.15) is 5.82 Å². The summed E-state index contributed by atoms with van der Waals surface area (Å²) in [6, 6.07) is 2.23. The molecule has 1 atom stereocenters. The molecule has 1 aromatic heterocycles. The van der Waals surface area contributed by atoms with E-state index < -0.39 is 0 Å². The van der Waals surface area contributed by atoms with E-state index in [1.54, 1.807) is 0 Å². The summed E-state index contributed by atoms with van der Waals surface area (Å²) in [6.45, 7) is 6.69. The molecule has 1 fully saturated rings. The van der Waals surface area contributed by atoms with Crippen LogP contribution in [0.25, 0.3) is 0 Å². The van der Waals surface area contributed by atoms with E-state index in [-0.39, 0.29) is 6.04 Å². The van der Waals surface area contributed by atoms with E-state index in [0.29, 0.717) is 11.7 Å². The Labute approximate surface area is 122 Å². The first-order chi connectivity index (χ1) is 9.52.